The fraction of sp³-hybridized carbons (Fsp3) is 0.143. The minimum Gasteiger partial charge on any atom is -0.495 e. The summed E-state index contributed by atoms with van der Waals surface area (Å²) in [6.45, 7) is 2.20. The van der Waals surface area contributed by atoms with Gasteiger partial charge in [-0.05, 0) is 53.1 Å². The van der Waals surface area contributed by atoms with E-state index < -0.39 is 0 Å². The number of carbonyl (C=O) groups is 2. The van der Waals surface area contributed by atoms with Crippen molar-refractivity contribution in [2.45, 2.75) is 13.5 Å². The van der Waals surface area contributed by atoms with Gasteiger partial charge in [0.2, 0.25) is 0 Å². The Hall–Kier alpha value is -4.32. The van der Waals surface area contributed by atoms with E-state index >= 15 is 0 Å². The first-order valence-corrected chi connectivity index (χ1v) is 11.0. The molecule has 0 fully saturated rings. The Labute approximate surface area is 198 Å². The van der Waals surface area contributed by atoms with Gasteiger partial charge < -0.3 is 20.1 Å². The molecule has 0 aliphatic carbocycles. The highest BCUT2D eigenvalue weighted by atomic mass is 16.5. The Morgan fingerprint density at radius 2 is 1.50 bits per heavy atom. The number of nitrogens with one attached hydrogen (secondary N) is 2. The molecule has 0 radical (unpaired) electrons. The fourth-order valence-corrected chi connectivity index (χ4v) is 3.65. The van der Waals surface area contributed by atoms with E-state index in [1.807, 2.05) is 67.6 Å². The van der Waals surface area contributed by atoms with Crippen LogP contribution in [0.15, 0.2) is 84.9 Å². The lowest BCUT2D eigenvalue weighted by atomic mass is 10.1. The molecule has 0 aliphatic rings. The number of carbonyl (C=O) groups excluding carboxylic acids is 2. The fourth-order valence-electron chi connectivity index (χ4n) is 3.65. The highest BCUT2D eigenvalue weighted by Crippen LogP contribution is 2.29. The summed E-state index contributed by atoms with van der Waals surface area (Å²) in [5.74, 6) is 0.255. The summed E-state index contributed by atoms with van der Waals surface area (Å²) in [5, 5.41) is 7.55. The molecule has 4 rings (SSSR count). The minimum atomic E-state index is -0.356. The maximum atomic E-state index is 13.2. The van der Waals surface area contributed by atoms with E-state index in [2.05, 4.69) is 10.6 Å². The van der Waals surface area contributed by atoms with E-state index in [-0.39, 0.29) is 18.4 Å². The zero-order valence-electron chi connectivity index (χ0n) is 19.1. The van der Waals surface area contributed by atoms with Crippen LogP contribution in [0, 0.1) is 6.92 Å². The minimum absolute atomic E-state index is 0.209. The number of ether oxygens (including phenoxy) is 2. The van der Waals surface area contributed by atoms with Crippen LogP contribution >= 0.6 is 0 Å². The summed E-state index contributed by atoms with van der Waals surface area (Å²) in [6.07, 6.45) is 0. The molecule has 0 atom stereocenters. The first kappa shape index (κ1) is 22.9. The van der Waals surface area contributed by atoms with Crippen molar-refractivity contribution >= 4 is 28.3 Å². The molecular formula is C28H26N2O4. The Morgan fingerprint density at radius 3 is 2.26 bits per heavy atom. The highest BCUT2D eigenvalue weighted by Gasteiger charge is 2.17. The lowest BCUT2D eigenvalue weighted by Gasteiger charge is -2.15. The summed E-state index contributed by atoms with van der Waals surface area (Å²) in [5.41, 5.74) is 3.02. The molecule has 172 valence electrons. The van der Waals surface area contributed by atoms with Gasteiger partial charge in [0.25, 0.3) is 11.8 Å². The van der Waals surface area contributed by atoms with Crippen molar-refractivity contribution in [3.63, 3.8) is 0 Å². The number of amides is 2. The van der Waals surface area contributed by atoms with Gasteiger partial charge in [-0.3, -0.25) is 9.59 Å². The van der Waals surface area contributed by atoms with Crippen LogP contribution in [0.3, 0.4) is 0 Å². The van der Waals surface area contributed by atoms with Gasteiger partial charge in [0.15, 0.2) is 6.61 Å². The Balaban J connectivity index is 1.52. The van der Waals surface area contributed by atoms with Crippen molar-refractivity contribution in [3.8, 4) is 11.5 Å². The number of anilines is 1. The van der Waals surface area contributed by atoms with E-state index in [0.29, 0.717) is 29.3 Å². The number of methoxy groups -OCH3 is 1. The van der Waals surface area contributed by atoms with Gasteiger partial charge in [0.05, 0.1) is 18.4 Å². The second-order valence-corrected chi connectivity index (χ2v) is 7.84. The van der Waals surface area contributed by atoms with Gasteiger partial charge >= 0.3 is 0 Å². The van der Waals surface area contributed by atoms with Crippen LogP contribution in [0.2, 0.25) is 0 Å². The second-order valence-electron chi connectivity index (χ2n) is 7.84. The number of fused-ring (bicyclic) bond motifs is 1. The number of hydrogen-bond acceptors (Lipinski definition) is 4. The molecule has 0 saturated heterocycles. The number of aryl methyl sites for hydroxylation is 1. The lowest BCUT2D eigenvalue weighted by Crippen LogP contribution is -2.29. The molecule has 2 N–H and O–H groups in total. The third-order valence-electron chi connectivity index (χ3n) is 5.54. The van der Waals surface area contributed by atoms with Crippen molar-refractivity contribution in [1.29, 1.82) is 0 Å². The number of benzene rings is 4. The molecule has 6 nitrogen and oxygen atoms in total. The number of para-hydroxylation sites is 2. The van der Waals surface area contributed by atoms with E-state index in [1.165, 1.54) is 0 Å². The number of rotatable bonds is 8. The largest absolute Gasteiger partial charge is 0.495 e. The van der Waals surface area contributed by atoms with Crippen molar-refractivity contribution in [1.82, 2.24) is 5.32 Å². The molecular weight excluding hydrogens is 428 g/mol. The molecule has 0 bridgehead atoms. The van der Waals surface area contributed by atoms with E-state index in [4.69, 9.17) is 9.47 Å². The van der Waals surface area contributed by atoms with Gasteiger partial charge in [-0.1, -0.05) is 60.7 Å². The molecule has 2 amide bonds. The molecule has 6 heteroatoms. The summed E-state index contributed by atoms with van der Waals surface area (Å²) >= 11 is 0. The van der Waals surface area contributed by atoms with Crippen LogP contribution in [0.25, 0.3) is 10.8 Å². The Morgan fingerprint density at radius 1 is 0.824 bits per heavy atom. The molecule has 34 heavy (non-hydrogen) atoms. The zero-order chi connectivity index (χ0) is 23.9. The molecule has 0 aromatic heterocycles. The molecule has 0 unspecified atom stereocenters. The van der Waals surface area contributed by atoms with Crippen LogP contribution in [0.4, 0.5) is 5.69 Å². The van der Waals surface area contributed by atoms with Crippen molar-refractivity contribution in [2.24, 2.45) is 0 Å². The van der Waals surface area contributed by atoms with Gasteiger partial charge in [-0.15, -0.1) is 0 Å². The third-order valence-corrected chi connectivity index (χ3v) is 5.54. The van der Waals surface area contributed by atoms with Gasteiger partial charge in [-0.25, -0.2) is 0 Å². The van der Waals surface area contributed by atoms with Gasteiger partial charge in [0.1, 0.15) is 11.5 Å². The summed E-state index contributed by atoms with van der Waals surface area (Å²) in [7, 11) is 1.55. The first-order valence-electron chi connectivity index (χ1n) is 11.0. The summed E-state index contributed by atoms with van der Waals surface area (Å²) in [4.78, 5) is 25.7. The van der Waals surface area contributed by atoms with Crippen molar-refractivity contribution < 1.29 is 19.1 Å². The highest BCUT2D eigenvalue weighted by molar-refractivity contribution is 6.09. The van der Waals surface area contributed by atoms with Crippen LogP contribution in [-0.2, 0) is 11.3 Å². The zero-order valence-corrected chi connectivity index (χ0v) is 19.1. The van der Waals surface area contributed by atoms with E-state index in [1.54, 1.807) is 31.4 Å². The maximum Gasteiger partial charge on any atom is 0.259 e. The standard InChI is InChI=1S/C28H26N2O4/c1-19-9-3-4-12-22(19)17-29-27(31)18-34-26-16-21-11-6-5-10-20(21)15-23(26)28(32)30-24-13-7-8-14-25(24)33-2/h3-16H,17-18H2,1-2H3,(H,29,31)(H,30,32). The van der Waals surface area contributed by atoms with E-state index in [9.17, 15) is 9.59 Å². The molecule has 4 aromatic carbocycles. The van der Waals surface area contributed by atoms with Crippen molar-refractivity contribution in [2.75, 3.05) is 19.0 Å². The summed E-state index contributed by atoms with van der Waals surface area (Å²) in [6, 6.07) is 26.3. The van der Waals surface area contributed by atoms with Gasteiger partial charge in [0, 0.05) is 6.54 Å². The topological polar surface area (TPSA) is 76.7 Å². The third kappa shape index (κ3) is 5.35. The Kier molecular flexibility index (Phi) is 7.08. The van der Waals surface area contributed by atoms with Crippen LogP contribution in [0.1, 0.15) is 21.5 Å². The predicted octanol–water partition coefficient (Wildman–Crippen LogP) is 5.10. The summed E-state index contributed by atoms with van der Waals surface area (Å²) < 4.78 is 11.2. The van der Waals surface area contributed by atoms with Crippen molar-refractivity contribution in [3.05, 3.63) is 102 Å². The average Bonchev–Trinajstić information content (AvgIpc) is 2.86. The van der Waals surface area contributed by atoms with Crippen LogP contribution < -0.4 is 20.1 Å². The quantitative estimate of drug-likeness (QED) is 0.388. The number of hydrogen-bond donors (Lipinski definition) is 2. The average molecular weight is 455 g/mol. The lowest BCUT2D eigenvalue weighted by molar-refractivity contribution is -0.123. The smallest absolute Gasteiger partial charge is 0.259 e. The second kappa shape index (κ2) is 10.5. The first-order chi connectivity index (χ1) is 16.5. The monoisotopic (exact) mass is 454 g/mol. The SMILES string of the molecule is COc1ccccc1NC(=O)c1cc2ccccc2cc1OCC(=O)NCc1ccccc1C. The maximum absolute atomic E-state index is 13.2. The van der Waals surface area contributed by atoms with Gasteiger partial charge in [-0.2, -0.15) is 0 Å². The molecule has 4 aromatic rings. The Bertz CT molecular complexity index is 1330. The normalized spacial score (nSPS) is 10.5. The van der Waals surface area contributed by atoms with Crippen LogP contribution in [-0.4, -0.2) is 25.5 Å². The molecule has 0 spiro atoms. The molecule has 0 aliphatic heterocycles. The predicted molar refractivity (Wildman–Crippen MR) is 133 cm³/mol. The molecule has 0 saturated carbocycles. The van der Waals surface area contributed by atoms with Crippen LogP contribution in [0.5, 0.6) is 11.5 Å². The van der Waals surface area contributed by atoms with E-state index in [0.717, 1.165) is 21.9 Å². The molecule has 0 heterocycles.